The lowest BCUT2D eigenvalue weighted by atomic mass is 10.1. The Labute approximate surface area is 126 Å². The summed E-state index contributed by atoms with van der Waals surface area (Å²) in [7, 11) is 1.41. The van der Waals surface area contributed by atoms with Crippen LogP contribution in [0.3, 0.4) is 0 Å². The Morgan fingerprint density at radius 3 is 2.82 bits per heavy atom. The van der Waals surface area contributed by atoms with E-state index < -0.39 is 18.4 Å². The first-order valence-corrected chi connectivity index (χ1v) is 6.63. The average molecular weight is 317 g/mol. The zero-order valence-corrected chi connectivity index (χ0v) is 12.1. The van der Waals surface area contributed by atoms with Crippen LogP contribution in [0.5, 0.6) is 11.5 Å². The van der Waals surface area contributed by atoms with Gasteiger partial charge < -0.3 is 24.2 Å². The topological polar surface area (TPSA) is 68.2 Å². The van der Waals surface area contributed by atoms with Gasteiger partial charge in [0.2, 0.25) is 6.79 Å². The zero-order chi connectivity index (χ0) is 16.2. The second-order valence-corrected chi connectivity index (χ2v) is 4.77. The zero-order valence-electron chi connectivity index (χ0n) is 12.1. The molecule has 1 amide bonds. The number of halogens is 2. The third kappa shape index (κ3) is 3.63. The quantitative estimate of drug-likeness (QED) is 0.813. The van der Waals surface area contributed by atoms with Gasteiger partial charge in [-0.3, -0.25) is 4.79 Å². The summed E-state index contributed by atoms with van der Waals surface area (Å²) in [6, 6.07) is 4.95. The molecule has 22 heavy (non-hydrogen) atoms. The number of hydrogen-bond acceptors (Lipinski definition) is 5. The van der Waals surface area contributed by atoms with Crippen LogP contribution in [0.1, 0.15) is 5.56 Å². The van der Waals surface area contributed by atoms with Crippen molar-refractivity contribution in [2.75, 3.05) is 33.7 Å². The van der Waals surface area contributed by atoms with Crippen molar-refractivity contribution in [2.45, 2.75) is 12.5 Å². The van der Waals surface area contributed by atoms with Crippen molar-refractivity contribution in [2.24, 2.45) is 0 Å². The van der Waals surface area contributed by atoms with Crippen LogP contribution in [-0.2, 0) is 16.1 Å². The van der Waals surface area contributed by atoms with E-state index in [0.29, 0.717) is 17.1 Å². The van der Waals surface area contributed by atoms with Gasteiger partial charge in [-0.1, -0.05) is 6.07 Å². The summed E-state index contributed by atoms with van der Waals surface area (Å²) in [5, 5.41) is 8.67. The predicted octanol–water partition coefficient (Wildman–Crippen LogP) is 1.02. The van der Waals surface area contributed by atoms with Gasteiger partial charge in [-0.25, -0.2) is 0 Å². The predicted molar refractivity (Wildman–Crippen MR) is 71.9 cm³/mol. The molecule has 0 unspecified atom stereocenters. The molecule has 0 aliphatic carbocycles. The number of fused-ring (bicyclic) bond motifs is 1. The Kier molecular flexibility index (Phi) is 5.15. The van der Waals surface area contributed by atoms with Gasteiger partial charge in [0.1, 0.15) is 6.61 Å². The molecule has 1 N–H and O–H groups in total. The number of carbonyl (C=O) groups excluding carboxylic acids is 1. The van der Waals surface area contributed by atoms with E-state index in [-0.39, 0.29) is 26.5 Å². The summed E-state index contributed by atoms with van der Waals surface area (Å²) >= 11 is 0. The fourth-order valence-electron chi connectivity index (χ4n) is 2.01. The third-order valence-electron chi connectivity index (χ3n) is 3.17. The molecule has 0 atom stereocenters. The number of ether oxygens (including phenoxy) is 3. The van der Waals surface area contributed by atoms with Gasteiger partial charge in [0.25, 0.3) is 5.91 Å². The summed E-state index contributed by atoms with van der Waals surface area (Å²) in [4.78, 5) is 12.8. The second-order valence-electron chi connectivity index (χ2n) is 4.77. The molecule has 8 heteroatoms. The number of alkyl halides is 2. The second kappa shape index (κ2) is 6.89. The van der Waals surface area contributed by atoms with Crippen molar-refractivity contribution < 1.29 is 32.9 Å². The largest absolute Gasteiger partial charge is 0.454 e. The smallest absolute Gasteiger partial charge is 0.347 e. The van der Waals surface area contributed by atoms with E-state index in [1.165, 1.54) is 7.11 Å². The van der Waals surface area contributed by atoms with Crippen LogP contribution in [0.2, 0.25) is 0 Å². The van der Waals surface area contributed by atoms with Crippen LogP contribution in [0, 0.1) is 0 Å². The first kappa shape index (κ1) is 16.4. The molecule has 0 bridgehead atoms. The minimum Gasteiger partial charge on any atom is -0.454 e. The molecule has 0 saturated carbocycles. The monoisotopic (exact) mass is 317 g/mol. The number of benzene rings is 1. The minimum absolute atomic E-state index is 0.0145. The first-order chi connectivity index (χ1) is 10.5. The summed E-state index contributed by atoms with van der Waals surface area (Å²) in [5.74, 6) is -4.18. The molecule has 6 nitrogen and oxygen atoms in total. The van der Waals surface area contributed by atoms with Crippen molar-refractivity contribution in [1.29, 1.82) is 0 Å². The Hall–Kier alpha value is -1.93. The molecule has 1 aromatic rings. The Morgan fingerprint density at radius 2 is 2.14 bits per heavy atom. The van der Waals surface area contributed by atoms with Crippen LogP contribution >= 0.6 is 0 Å². The van der Waals surface area contributed by atoms with Crippen LogP contribution in [0.15, 0.2) is 18.2 Å². The highest BCUT2D eigenvalue weighted by atomic mass is 19.3. The van der Waals surface area contributed by atoms with Crippen molar-refractivity contribution in [3.05, 3.63) is 23.8 Å². The Morgan fingerprint density at radius 1 is 1.41 bits per heavy atom. The molecule has 1 heterocycles. The van der Waals surface area contributed by atoms with Crippen molar-refractivity contribution >= 4 is 5.91 Å². The summed E-state index contributed by atoms with van der Waals surface area (Å²) in [6.45, 7) is -1.38. The van der Waals surface area contributed by atoms with E-state index in [1.54, 1.807) is 18.2 Å². The number of rotatable bonds is 7. The van der Waals surface area contributed by atoms with Crippen molar-refractivity contribution in [3.8, 4) is 11.5 Å². The fourth-order valence-corrected chi connectivity index (χ4v) is 2.01. The summed E-state index contributed by atoms with van der Waals surface area (Å²) in [6.07, 6.45) is 0. The molecule has 0 saturated heterocycles. The number of aliphatic hydroxyl groups is 1. The van der Waals surface area contributed by atoms with E-state index in [1.807, 2.05) is 0 Å². The highest BCUT2D eigenvalue weighted by Gasteiger charge is 2.41. The van der Waals surface area contributed by atoms with Crippen LogP contribution in [-0.4, -0.2) is 55.5 Å². The molecule has 0 aromatic heterocycles. The van der Waals surface area contributed by atoms with E-state index in [4.69, 9.17) is 19.3 Å². The maximum absolute atomic E-state index is 13.4. The molecule has 122 valence electrons. The van der Waals surface area contributed by atoms with Gasteiger partial charge in [-0.05, 0) is 17.7 Å². The highest BCUT2D eigenvalue weighted by Crippen LogP contribution is 2.33. The summed E-state index contributed by atoms with van der Waals surface area (Å²) in [5.41, 5.74) is 0.613. The number of methoxy groups -OCH3 is 1. The maximum Gasteiger partial charge on any atom is 0.347 e. The molecule has 2 rings (SSSR count). The molecule has 0 spiro atoms. The third-order valence-corrected chi connectivity index (χ3v) is 3.17. The molecule has 1 aromatic carbocycles. The Balaban J connectivity index is 2.14. The van der Waals surface area contributed by atoms with Gasteiger partial charge in [0.15, 0.2) is 11.5 Å². The molecule has 1 aliphatic heterocycles. The molecule has 1 aliphatic rings. The van der Waals surface area contributed by atoms with Crippen molar-refractivity contribution in [1.82, 2.24) is 4.90 Å². The van der Waals surface area contributed by atoms with Crippen LogP contribution in [0.4, 0.5) is 8.78 Å². The number of hydrogen-bond donors (Lipinski definition) is 1. The lowest BCUT2D eigenvalue weighted by Crippen LogP contribution is -2.46. The Bertz CT molecular complexity index is 538. The van der Waals surface area contributed by atoms with Gasteiger partial charge in [0, 0.05) is 20.2 Å². The van der Waals surface area contributed by atoms with E-state index in [0.717, 1.165) is 4.90 Å². The highest BCUT2D eigenvalue weighted by molar-refractivity contribution is 5.83. The standard InChI is InChI=1S/C14H17F2NO5/c1-20-5-4-17(13(19)14(15,16)8-18)7-10-2-3-11-12(6-10)22-9-21-11/h2-3,6,18H,4-5,7-9H2,1H3. The van der Waals surface area contributed by atoms with Crippen LogP contribution in [0.25, 0.3) is 0 Å². The maximum atomic E-state index is 13.4. The fraction of sp³-hybridized carbons (Fsp3) is 0.500. The number of carbonyl (C=O) groups is 1. The normalized spacial score (nSPS) is 13.3. The minimum atomic E-state index is -3.82. The van der Waals surface area contributed by atoms with Crippen molar-refractivity contribution in [3.63, 3.8) is 0 Å². The van der Waals surface area contributed by atoms with Gasteiger partial charge in [-0.2, -0.15) is 8.78 Å². The first-order valence-electron chi connectivity index (χ1n) is 6.63. The average Bonchev–Trinajstić information content (AvgIpc) is 2.98. The number of aliphatic hydroxyl groups excluding tert-OH is 1. The van der Waals surface area contributed by atoms with E-state index in [2.05, 4.69) is 0 Å². The number of nitrogens with zero attached hydrogens (tertiary/aromatic N) is 1. The summed E-state index contributed by atoms with van der Waals surface area (Å²) < 4.78 is 42.1. The lowest BCUT2D eigenvalue weighted by molar-refractivity contribution is -0.164. The molecule has 0 radical (unpaired) electrons. The van der Waals surface area contributed by atoms with Gasteiger partial charge in [0.05, 0.1) is 6.61 Å². The molecule has 0 fully saturated rings. The molecular weight excluding hydrogens is 300 g/mol. The number of amides is 1. The molecular formula is C14H17F2NO5. The lowest BCUT2D eigenvalue weighted by Gasteiger charge is -2.26. The van der Waals surface area contributed by atoms with Gasteiger partial charge in [-0.15, -0.1) is 0 Å². The van der Waals surface area contributed by atoms with Gasteiger partial charge >= 0.3 is 5.92 Å². The SMILES string of the molecule is COCCN(Cc1ccc2c(c1)OCO2)C(=O)C(F)(F)CO. The van der Waals surface area contributed by atoms with Crippen LogP contribution < -0.4 is 9.47 Å². The van der Waals surface area contributed by atoms with E-state index >= 15 is 0 Å². The van der Waals surface area contributed by atoms with E-state index in [9.17, 15) is 13.6 Å².